The highest BCUT2D eigenvalue weighted by Gasteiger charge is 2.21. The van der Waals surface area contributed by atoms with Crippen molar-refractivity contribution in [3.8, 4) is 0 Å². The van der Waals surface area contributed by atoms with Crippen molar-refractivity contribution in [2.75, 3.05) is 6.54 Å². The molecule has 84 valence electrons. The van der Waals surface area contributed by atoms with Gasteiger partial charge in [-0.2, -0.15) is 0 Å². The average molecular weight is 213 g/mol. The molecule has 0 saturated heterocycles. The van der Waals surface area contributed by atoms with Gasteiger partial charge in [-0.3, -0.25) is 0 Å². The van der Waals surface area contributed by atoms with Crippen LogP contribution in [0.25, 0.3) is 0 Å². The van der Waals surface area contributed by atoms with E-state index in [1.54, 1.807) is 6.07 Å². The van der Waals surface area contributed by atoms with E-state index < -0.39 is 5.92 Å². The Morgan fingerprint density at radius 3 is 2.53 bits per heavy atom. The van der Waals surface area contributed by atoms with Crippen molar-refractivity contribution in [1.29, 1.82) is 0 Å². The molecule has 2 N–H and O–H groups in total. The Hall–Kier alpha value is -0.960. The molecule has 1 aromatic rings. The number of halogens is 2. The van der Waals surface area contributed by atoms with Crippen molar-refractivity contribution in [3.05, 3.63) is 35.4 Å². The molecule has 1 nitrogen and oxygen atoms in total. The van der Waals surface area contributed by atoms with Gasteiger partial charge in [0, 0.05) is 6.42 Å². The first kappa shape index (κ1) is 12.1. The van der Waals surface area contributed by atoms with E-state index >= 15 is 0 Å². The fourth-order valence-electron chi connectivity index (χ4n) is 1.56. The Morgan fingerprint density at radius 2 is 1.93 bits per heavy atom. The number of rotatable bonds is 5. The normalized spacial score (nSPS) is 11.7. The maximum atomic E-state index is 12.8. The predicted molar refractivity (Wildman–Crippen MR) is 58.1 cm³/mol. The van der Waals surface area contributed by atoms with Crippen LogP contribution >= 0.6 is 0 Å². The van der Waals surface area contributed by atoms with Crippen LogP contribution in [-0.2, 0) is 12.8 Å². The van der Waals surface area contributed by atoms with Gasteiger partial charge in [-0.15, -0.1) is 0 Å². The van der Waals surface area contributed by atoms with Crippen molar-refractivity contribution in [2.45, 2.75) is 32.1 Å². The van der Waals surface area contributed by atoms with Gasteiger partial charge in [0.2, 0.25) is 5.92 Å². The Morgan fingerprint density at radius 1 is 1.27 bits per heavy atom. The summed E-state index contributed by atoms with van der Waals surface area (Å²) in [7, 11) is 0. The molecule has 0 fully saturated rings. The number of nitrogens with two attached hydrogens (primary N) is 1. The number of alkyl halides is 2. The third-order valence-electron chi connectivity index (χ3n) is 2.18. The van der Waals surface area contributed by atoms with Crippen molar-refractivity contribution < 1.29 is 8.78 Å². The van der Waals surface area contributed by atoms with E-state index in [0.717, 1.165) is 25.3 Å². The van der Waals surface area contributed by atoms with Crippen LogP contribution in [0.15, 0.2) is 24.3 Å². The van der Waals surface area contributed by atoms with E-state index in [1.807, 2.05) is 18.2 Å². The Bertz CT molecular complexity index is 305. The number of aryl methyl sites for hydroxylation is 1. The van der Waals surface area contributed by atoms with E-state index in [2.05, 4.69) is 0 Å². The first-order valence-electron chi connectivity index (χ1n) is 5.17. The van der Waals surface area contributed by atoms with Gasteiger partial charge in [0.15, 0.2) is 0 Å². The molecular formula is C12H17F2N. The second-order valence-electron chi connectivity index (χ2n) is 3.96. The molecule has 15 heavy (non-hydrogen) atoms. The first-order valence-corrected chi connectivity index (χ1v) is 5.17. The molecule has 0 aliphatic carbocycles. The SMILES string of the molecule is CC(F)(F)Cc1cccc(CCCN)c1. The van der Waals surface area contributed by atoms with E-state index in [4.69, 9.17) is 5.73 Å². The first-order chi connectivity index (χ1) is 7.01. The fraction of sp³-hybridized carbons (Fsp3) is 0.500. The van der Waals surface area contributed by atoms with Crippen LogP contribution in [0.1, 0.15) is 24.5 Å². The number of benzene rings is 1. The van der Waals surface area contributed by atoms with Crippen LogP contribution < -0.4 is 5.73 Å². The van der Waals surface area contributed by atoms with Gasteiger partial charge in [0.1, 0.15) is 0 Å². The summed E-state index contributed by atoms with van der Waals surface area (Å²) >= 11 is 0. The van der Waals surface area contributed by atoms with E-state index in [-0.39, 0.29) is 6.42 Å². The van der Waals surface area contributed by atoms with Crippen molar-refractivity contribution in [1.82, 2.24) is 0 Å². The minimum absolute atomic E-state index is 0.191. The lowest BCUT2D eigenvalue weighted by atomic mass is 10.0. The third kappa shape index (κ3) is 4.88. The zero-order valence-corrected chi connectivity index (χ0v) is 8.97. The fourth-order valence-corrected chi connectivity index (χ4v) is 1.56. The monoisotopic (exact) mass is 213 g/mol. The smallest absolute Gasteiger partial charge is 0.249 e. The number of hydrogen-bond acceptors (Lipinski definition) is 1. The predicted octanol–water partition coefficient (Wildman–Crippen LogP) is 2.78. The molecule has 0 saturated carbocycles. The van der Waals surface area contributed by atoms with E-state index in [0.29, 0.717) is 12.1 Å². The highest BCUT2D eigenvalue weighted by atomic mass is 19.3. The summed E-state index contributed by atoms with van der Waals surface area (Å²) in [4.78, 5) is 0. The van der Waals surface area contributed by atoms with Crippen LogP contribution in [0.2, 0.25) is 0 Å². The highest BCUT2D eigenvalue weighted by molar-refractivity contribution is 5.24. The summed E-state index contributed by atoms with van der Waals surface area (Å²) in [6.45, 7) is 1.58. The largest absolute Gasteiger partial charge is 0.330 e. The molecule has 0 aliphatic heterocycles. The summed E-state index contributed by atoms with van der Waals surface area (Å²) in [5, 5.41) is 0. The van der Waals surface area contributed by atoms with Gasteiger partial charge in [-0.05, 0) is 37.4 Å². The van der Waals surface area contributed by atoms with Gasteiger partial charge in [0.25, 0.3) is 0 Å². The lowest BCUT2D eigenvalue weighted by Crippen LogP contribution is -2.13. The zero-order valence-electron chi connectivity index (χ0n) is 8.97. The standard InChI is InChI=1S/C12H17F2N/c1-12(13,14)9-11-5-2-4-10(8-11)6-3-7-15/h2,4-5,8H,3,6-7,9,15H2,1H3. The summed E-state index contributed by atoms with van der Waals surface area (Å²) in [6, 6.07) is 7.36. The topological polar surface area (TPSA) is 26.0 Å². The molecule has 0 amide bonds. The molecule has 0 aromatic heterocycles. The van der Waals surface area contributed by atoms with Crippen LogP contribution in [-0.4, -0.2) is 12.5 Å². The summed E-state index contributed by atoms with van der Waals surface area (Å²) in [5.41, 5.74) is 7.17. The van der Waals surface area contributed by atoms with Crippen LogP contribution in [0.3, 0.4) is 0 Å². The van der Waals surface area contributed by atoms with E-state index in [1.165, 1.54) is 0 Å². The molecule has 0 spiro atoms. The Labute approximate surface area is 89.3 Å². The molecule has 0 heterocycles. The Balaban J connectivity index is 2.66. The zero-order chi connectivity index (χ0) is 11.3. The quantitative estimate of drug-likeness (QED) is 0.799. The van der Waals surface area contributed by atoms with Crippen molar-refractivity contribution in [3.63, 3.8) is 0 Å². The second-order valence-corrected chi connectivity index (χ2v) is 3.96. The van der Waals surface area contributed by atoms with Crippen LogP contribution in [0.5, 0.6) is 0 Å². The minimum Gasteiger partial charge on any atom is -0.330 e. The second kappa shape index (κ2) is 5.21. The molecule has 0 atom stereocenters. The molecule has 1 rings (SSSR count). The van der Waals surface area contributed by atoms with Crippen LogP contribution in [0.4, 0.5) is 8.78 Å². The average Bonchev–Trinajstić information content (AvgIpc) is 2.12. The maximum absolute atomic E-state index is 12.8. The maximum Gasteiger partial charge on any atom is 0.249 e. The minimum atomic E-state index is -2.63. The molecule has 0 aliphatic rings. The summed E-state index contributed by atoms with van der Waals surface area (Å²) in [6.07, 6.45) is 1.56. The van der Waals surface area contributed by atoms with Gasteiger partial charge in [-0.1, -0.05) is 24.3 Å². The third-order valence-corrected chi connectivity index (χ3v) is 2.18. The van der Waals surface area contributed by atoms with Crippen molar-refractivity contribution >= 4 is 0 Å². The van der Waals surface area contributed by atoms with Gasteiger partial charge in [0.05, 0.1) is 0 Å². The number of hydrogen-bond donors (Lipinski definition) is 1. The summed E-state index contributed by atoms with van der Waals surface area (Å²) < 4.78 is 25.5. The summed E-state index contributed by atoms with van der Waals surface area (Å²) in [5.74, 6) is -2.63. The van der Waals surface area contributed by atoms with Gasteiger partial charge >= 0.3 is 0 Å². The lowest BCUT2D eigenvalue weighted by Gasteiger charge is -2.10. The Kier molecular flexibility index (Phi) is 4.21. The molecule has 0 radical (unpaired) electrons. The van der Waals surface area contributed by atoms with E-state index in [9.17, 15) is 8.78 Å². The molecule has 0 unspecified atom stereocenters. The molecule has 0 bridgehead atoms. The van der Waals surface area contributed by atoms with Crippen LogP contribution in [0, 0.1) is 0 Å². The van der Waals surface area contributed by atoms with Gasteiger partial charge in [-0.25, -0.2) is 8.78 Å². The molecular weight excluding hydrogens is 196 g/mol. The lowest BCUT2D eigenvalue weighted by molar-refractivity contribution is 0.0226. The van der Waals surface area contributed by atoms with Crippen molar-refractivity contribution in [2.24, 2.45) is 5.73 Å². The van der Waals surface area contributed by atoms with Gasteiger partial charge < -0.3 is 5.73 Å². The molecule has 3 heteroatoms. The highest BCUT2D eigenvalue weighted by Crippen LogP contribution is 2.19. The molecule has 1 aromatic carbocycles.